The van der Waals surface area contributed by atoms with E-state index in [0.29, 0.717) is 17.0 Å². The topological polar surface area (TPSA) is 41.8 Å². The van der Waals surface area contributed by atoms with Gasteiger partial charge in [0.1, 0.15) is 0 Å². The van der Waals surface area contributed by atoms with Gasteiger partial charge in [0, 0.05) is 23.1 Å². The lowest BCUT2D eigenvalue weighted by Gasteiger charge is -2.09. The summed E-state index contributed by atoms with van der Waals surface area (Å²) in [6, 6.07) is 4.22. The zero-order valence-corrected chi connectivity index (χ0v) is 9.64. The predicted molar refractivity (Wildman–Crippen MR) is 63.2 cm³/mol. The third-order valence-electron chi connectivity index (χ3n) is 3.46. The van der Waals surface area contributed by atoms with Gasteiger partial charge in [0.25, 0.3) is 0 Å². The molecule has 1 fully saturated rings. The maximum atomic E-state index is 13.0. The Balaban J connectivity index is 2.31. The van der Waals surface area contributed by atoms with Crippen LogP contribution in [0.4, 0.5) is 13.2 Å². The summed E-state index contributed by atoms with van der Waals surface area (Å²) in [5.74, 6) is 0.358. The number of hydrogen-bond acceptors (Lipinski definition) is 1. The van der Waals surface area contributed by atoms with Crippen LogP contribution in [0.5, 0.6) is 0 Å². The Bertz CT molecular complexity index is 594. The van der Waals surface area contributed by atoms with Gasteiger partial charge in [-0.3, -0.25) is 0 Å². The molecule has 2 aromatic rings. The highest BCUT2D eigenvalue weighted by Gasteiger charge is 2.36. The highest BCUT2D eigenvalue weighted by Crippen LogP contribution is 2.45. The molecule has 0 bridgehead atoms. The van der Waals surface area contributed by atoms with Crippen molar-refractivity contribution >= 4 is 10.9 Å². The second-order valence-corrected chi connectivity index (χ2v) is 4.72. The molecule has 0 atom stereocenters. The van der Waals surface area contributed by atoms with Crippen LogP contribution in [0, 0.1) is 0 Å². The van der Waals surface area contributed by atoms with Gasteiger partial charge in [-0.2, -0.15) is 13.2 Å². The number of benzene rings is 1. The highest BCUT2D eigenvalue weighted by atomic mass is 19.4. The zero-order chi connectivity index (χ0) is 12.9. The Hall–Kier alpha value is -1.49. The predicted octanol–water partition coefficient (Wildman–Crippen LogP) is 3.52. The third-order valence-corrected chi connectivity index (χ3v) is 3.46. The Kier molecular flexibility index (Phi) is 2.41. The second kappa shape index (κ2) is 3.75. The molecule has 0 amide bonds. The lowest BCUT2D eigenvalue weighted by Crippen LogP contribution is -2.07. The van der Waals surface area contributed by atoms with Crippen molar-refractivity contribution in [1.82, 2.24) is 4.98 Å². The largest absolute Gasteiger partial charge is 0.417 e. The zero-order valence-electron chi connectivity index (χ0n) is 9.64. The number of nitrogens with two attached hydrogens (primary N) is 1. The van der Waals surface area contributed by atoms with Crippen molar-refractivity contribution in [2.45, 2.75) is 31.5 Å². The summed E-state index contributed by atoms with van der Waals surface area (Å²) >= 11 is 0. The Morgan fingerprint density at radius 3 is 2.56 bits per heavy atom. The Morgan fingerprint density at radius 2 is 2.00 bits per heavy atom. The van der Waals surface area contributed by atoms with Crippen molar-refractivity contribution in [3.8, 4) is 0 Å². The van der Waals surface area contributed by atoms with Crippen molar-refractivity contribution in [1.29, 1.82) is 0 Å². The molecule has 3 N–H and O–H groups in total. The van der Waals surface area contributed by atoms with Crippen LogP contribution in [0.2, 0.25) is 0 Å². The number of alkyl halides is 3. The van der Waals surface area contributed by atoms with Gasteiger partial charge in [-0.25, -0.2) is 0 Å². The number of halogens is 3. The Morgan fingerprint density at radius 1 is 1.28 bits per heavy atom. The molecular formula is C13H13F3N2. The first kappa shape index (κ1) is 11.6. The van der Waals surface area contributed by atoms with Gasteiger partial charge in [-0.1, -0.05) is 6.07 Å². The molecule has 0 unspecified atom stereocenters. The van der Waals surface area contributed by atoms with Gasteiger partial charge >= 0.3 is 6.18 Å². The van der Waals surface area contributed by atoms with Gasteiger partial charge in [0.2, 0.25) is 0 Å². The molecule has 0 aliphatic heterocycles. The van der Waals surface area contributed by atoms with E-state index in [4.69, 9.17) is 5.73 Å². The van der Waals surface area contributed by atoms with Crippen molar-refractivity contribution in [2.24, 2.45) is 5.73 Å². The summed E-state index contributed by atoms with van der Waals surface area (Å²) in [5.41, 5.74) is 7.11. The van der Waals surface area contributed by atoms with E-state index in [9.17, 15) is 13.2 Å². The molecule has 0 spiro atoms. The number of fused-ring (bicyclic) bond motifs is 1. The van der Waals surface area contributed by atoms with E-state index in [0.717, 1.165) is 24.6 Å². The molecule has 1 aromatic carbocycles. The quantitative estimate of drug-likeness (QED) is 0.845. The third kappa shape index (κ3) is 1.70. The molecule has 1 aliphatic rings. The van der Waals surface area contributed by atoms with Crippen LogP contribution in [-0.2, 0) is 12.7 Å². The normalized spacial score (nSPS) is 16.4. The number of nitrogens with one attached hydrogen (secondary N) is 1. The smallest absolute Gasteiger partial charge is 0.358 e. The molecule has 2 nitrogen and oxygen atoms in total. The summed E-state index contributed by atoms with van der Waals surface area (Å²) in [6.07, 6.45) is -2.28. The molecule has 1 aromatic heterocycles. The number of aromatic nitrogens is 1. The summed E-state index contributed by atoms with van der Waals surface area (Å²) < 4.78 is 39.0. The van der Waals surface area contributed by atoms with Crippen LogP contribution in [0.25, 0.3) is 10.9 Å². The average molecular weight is 254 g/mol. The summed E-state index contributed by atoms with van der Waals surface area (Å²) in [6.45, 7) is 0.138. The van der Waals surface area contributed by atoms with Crippen molar-refractivity contribution in [3.05, 3.63) is 35.0 Å². The van der Waals surface area contributed by atoms with Crippen molar-refractivity contribution in [2.75, 3.05) is 0 Å². The first-order valence-corrected chi connectivity index (χ1v) is 5.93. The molecular weight excluding hydrogens is 241 g/mol. The molecule has 0 saturated heterocycles. The van der Waals surface area contributed by atoms with Crippen LogP contribution >= 0.6 is 0 Å². The maximum Gasteiger partial charge on any atom is 0.417 e. The molecule has 96 valence electrons. The SMILES string of the molecule is NCc1c(C2CC2)[nH]c2cccc(C(F)(F)F)c12. The highest BCUT2D eigenvalue weighted by molar-refractivity contribution is 5.88. The second-order valence-electron chi connectivity index (χ2n) is 4.72. The van der Waals surface area contributed by atoms with Crippen LogP contribution in [0.1, 0.15) is 35.6 Å². The monoisotopic (exact) mass is 254 g/mol. The number of hydrogen-bond donors (Lipinski definition) is 2. The van der Waals surface area contributed by atoms with Crippen LogP contribution in [0.3, 0.4) is 0 Å². The lowest BCUT2D eigenvalue weighted by molar-refractivity contribution is -0.136. The van der Waals surface area contributed by atoms with Gasteiger partial charge in [0.15, 0.2) is 0 Å². The minimum Gasteiger partial charge on any atom is -0.358 e. The number of rotatable bonds is 2. The Labute approximate surface area is 102 Å². The van der Waals surface area contributed by atoms with Gasteiger partial charge < -0.3 is 10.7 Å². The van der Waals surface area contributed by atoms with E-state index in [2.05, 4.69) is 4.98 Å². The van der Waals surface area contributed by atoms with Crippen molar-refractivity contribution in [3.63, 3.8) is 0 Å². The minimum absolute atomic E-state index is 0.138. The summed E-state index contributed by atoms with van der Waals surface area (Å²) in [5, 5.41) is 0.245. The first-order valence-electron chi connectivity index (χ1n) is 5.93. The first-order chi connectivity index (χ1) is 8.52. The lowest BCUT2D eigenvalue weighted by atomic mass is 10.0. The molecule has 1 heterocycles. The van der Waals surface area contributed by atoms with E-state index >= 15 is 0 Å². The van der Waals surface area contributed by atoms with Crippen LogP contribution in [0.15, 0.2) is 18.2 Å². The van der Waals surface area contributed by atoms with Gasteiger partial charge in [0.05, 0.1) is 5.56 Å². The molecule has 1 saturated carbocycles. The van der Waals surface area contributed by atoms with E-state index in [1.807, 2.05) is 0 Å². The standard InChI is InChI=1S/C13H13F3N2/c14-13(15,16)9-2-1-3-10-11(9)8(6-17)12(18-10)7-4-5-7/h1-3,7,18H,4-6,17H2. The van der Waals surface area contributed by atoms with Crippen LogP contribution < -0.4 is 5.73 Å². The molecule has 0 radical (unpaired) electrons. The van der Waals surface area contributed by atoms with E-state index < -0.39 is 11.7 Å². The number of aromatic amines is 1. The fourth-order valence-corrected chi connectivity index (χ4v) is 2.51. The summed E-state index contributed by atoms with van der Waals surface area (Å²) in [7, 11) is 0. The molecule has 3 rings (SSSR count). The van der Waals surface area contributed by atoms with Crippen LogP contribution in [-0.4, -0.2) is 4.98 Å². The van der Waals surface area contributed by atoms with E-state index in [1.165, 1.54) is 6.07 Å². The molecule has 1 aliphatic carbocycles. The minimum atomic E-state index is -4.34. The molecule has 5 heteroatoms. The van der Waals surface area contributed by atoms with Gasteiger partial charge in [-0.15, -0.1) is 0 Å². The van der Waals surface area contributed by atoms with Gasteiger partial charge in [-0.05, 0) is 36.5 Å². The number of H-pyrrole nitrogens is 1. The fourth-order valence-electron chi connectivity index (χ4n) is 2.51. The maximum absolute atomic E-state index is 13.0. The molecule has 18 heavy (non-hydrogen) atoms. The summed E-state index contributed by atoms with van der Waals surface area (Å²) in [4.78, 5) is 3.11. The van der Waals surface area contributed by atoms with Crippen molar-refractivity contribution < 1.29 is 13.2 Å². The fraction of sp³-hybridized carbons (Fsp3) is 0.385. The average Bonchev–Trinajstić information content (AvgIpc) is 3.08. The van der Waals surface area contributed by atoms with E-state index in [1.54, 1.807) is 6.07 Å². The van der Waals surface area contributed by atoms with E-state index in [-0.39, 0.29) is 11.9 Å².